The lowest BCUT2D eigenvalue weighted by molar-refractivity contribution is 0.214. The molecular weight excluding hydrogens is 325 g/mol. The number of rotatable bonds is 4. The predicted molar refractivity (Wildman–Crippen MR) is 84.1 cm³/mol. The van der Waals surface area contributed by atoms with E-state index in [1.54, 1.807) is 29.6 Å². The lowest BCUT2D eigenvalue weighted by Crippen LogP contribution is -2.01. The highest BCUT2D eigenvalue weighted by Gasteiger charge is 2.14. The van der Waals surface area contributed by atoms with Crippen LogP contribution in [-0.4, -0.2) is 10.1 Å². The van der Waals surface area contributed by atoms with Crippen molar-refractivity contribution in [2.75, 3.05) is 0 Å². The van der Waals surface area contributed by atoms with Crippen LogP contribution < -0.4 is 4.74 Å². The van der Waals surface area contributed by atoms with E-state index in [0.717, 1.165) is 0 Å². The zero-order chi connectivity index (χ0) is 15.5. The van der Waals surface area contributed by atoms with Gasteiger partial charge in [-0.3, -0.25) is 0 Å². The third kappa shape index (κ3) is 3.44. The van der Waals surface area contributed by atoms with Crippen LogP contribution in [0.15, 0.2) is 53.9 Å². The molecule has 112 valence electrons. The Balaban J connectivity index is 1.81. The maximum atomic E-state index is 12.9. The Labute approximate surface area is 135 Å². The molecule has 2 heterocycles. The maximum Gasteiger partial charge on any atom is 0.219 e. The van der Waals surface area contributed by atoms with Gasteiger partial charge in [-0.15, -0.1) is 11.3 Å². The molecule has 22 heavy (non-hydrogen) atoms. The molecule has 3 nitrogen and oxygen atoms in total. The molecule has 1 atom stereocenters. The number of aromatic nitrogens is 1. The van der Waals surface area contributed by atoms with Gasteiger partial charge in [-0.1, -0.05) is 17.7 Å². The molecule has 0 bridgehead atoms. The van der Waals surface area contributed by atoms with Crippen molar-refractivity contribution >= 4 is 22.9 Å². The van der Waals surface area contributed by atoms with Crippen molar-refractivity contribution in [1.29, 1.82) is 0 Å². The zero-order valence-corrected chi connectivity index (χ0v) is 12.8. The number of benzene rings is 1. The van der Waals surface area contributed by atoms with E-state index in [0.29, 0.717) is 27.2 Å². The Morgan fingerprint density at radius 1 is 1.18 bits per heavy atom. The first-order valence-corrected chi connectivity index (χ1v) is 7.70. The van der Waals surface area contributed by atoms with E-state index in [1.165, 1.54) is 35.6 Å². The molecule has 0 saturated carbocycles. The standard InChI is InChI=1S/C16H11ClFNO2S/c17-14-8-10(9-22-14)16(20)13-2-1-3-15(19-13)21-12-6-4-11(18)5-7-12/h1-9,16,20H. The average molecular weight is 336 g/mol. The normalized spacial score (nSPS) is 12.1. The van der Waals surface area contributed by atoms with Gasteiger partial charge in [0.25, 0.3) is 0 Å². The van der Waals surface area contributed by atoms with Crippen LogP contribution >= 0.6 is 22.9 Å². The summed E-state index contributed by atoms with van der Waals surface area (Å²) in [6.45, 7) is 0. The molecule has 2 aromatic heterocycles. The smallest absolute Gasteiger partial charge is 0.219 e. The van der Waals surface area contributed by atoms with Crippen molar-refractivity contribution in [3.8, 4) is 11.6 Å². The second kappa shape index (κ2) is 6.44. The number of hydrogen-bond acceptors (Lipinski definition) is 4. The van der Waals surface area contributed by atoms with Crippen molar-refractivity contribution < 1.29 is 14.2 Å². The highest BCUT2D eigenvalue weighted by atomic mass is 35.5. The third-order valence-electron chi connectivity index (χ3n) is 2.96. The lowest BCUT2D eigenvalue weighted by Gasteiger charge is -2.10. The number of aliphatic hydroxyl groups excluding tert-OH is 1. The average Bonchev–Trinajstić information content (AvgIpc) is 2.96. The molecule has 1 aromatic carbocycles. The second-order valence-electron chi connectivity index (χ2n) is 4.54. The van der Waals surface area contributed by atoms with Gasteiger partial charge in [0.15, 0.2) is 0 Å². The van der Waals surface area contributed by atoms with Crippen molar-refractivity contribution in [2.45, 2.75) is 6.10 Å². The Hall–Kier alpha value is -1.95. The third-order valence-corrected chi connectivity index (χ3v) is 4.07. The van der Waals surface area contributed by atoms with Crippen LogP contribution in [0.2, 0.25) is 4.34 Å². The first-order chi connectivity index (χ1) is 10.6. The molecule has 0 amide bonds. The predicted octanol–water partition coefficient (Wildman–Crippen LogP) is 4.81. The van der Waals surface area contributed by atoms with Gasteiger partial charge in [-0.2, -0.15) is 0 Å². The Morgan fingerprint density at radius 2 is 1.95 bits per heavy atom. The summed E-state index contributed by atoms with van der Waals surface area (Å²) < 4.78 is 19.0. The van der Waals surface area contributed by atoms with Gasteiger partial charge in [-0.25, -0.2) is 9.37 Å². The number of nitrogens with zero attached hydrogens (tertiary/aromatic N) is 1. The molecule has 0 fully saturated rings. The van der Waals surface area contributed by atoms with E-state index in [9.17, 15) is 9.50 Å². The Bertz CT molecular complexity index is 776. The minimum atomic E-state index is -0.875. The van der Waals surface area contributed by atoms with Crippen LogP contribution in [0.1, 0.15) is 17.4 Å². The van der Waals surface area contributed by atoms with Crippen LogP contribution in [0, 0.1) is 5.82 Å². The van der Waals surface area contributed by atoms with Crippen molar-refractivity contribution in [3.63, 3.8) is 0 Å². The quantitative estimate of drug-likeness (QED) is 0.744. The molecule has 0 aliphatic carbocycles. The monoisotopic (exact) mass is 335 g/mol. The van der Waals surface area contributed by atoms with Crippen molar-refractivity contribution in [3.05, 3.63) is 75.3 Å². The van der Waals surface area contributed by atoms with E-state index >= 15 is 0 Å². The summed E-state index contributed by atoms with van der Waals surface area (Å²) in [5.41, 5.74) is 1.13. The first kappa shape index (κ1) is 15.0. The molecule has 0 saturated heterocycles. The highest BCUT2D eigenvalue weighted by Crippen LogP contribution is 2.29. The Morgan fingerprint density at radius 3 is 2.64 bits per heavy atom. The van der Waals surface area contributed by atoms with Gasteiger partial charge in [0.05, 0.1) is 10.0 Å². The number of pyridine rings is 1. The number of thiophene rings is 1. The van der Waals surface area contributed by atoms with Gasteiger partial charge in [0, 0.05) is 6.07 Å². The van der Waals surface area contributed by atoms with E-state index in [2.05, 4.69) is 4.98 Å². The van der Waals surface area contributed by atoms with Crippen LogP contribution in [0.25, 0.3) is 0 Å². The largest absolute Gasteiger partial charge is 0.439 e. The summed E-state index contributed by atoms with van der Waals surface area (Å²) in [5, 5.41) is 12.1. The summed E-state index contributed by atoms with van der Waals surface area (Å²) in [4.78, 5) is 4.27. The zero-order valence-electron chi connectivity index (χ0n) is 11.2. The fourth-order valence-electron chi connectivity index (χ4n) is 1.90. The summed E-state index contributed by atoms with van der Waals surface area (Å²) in [6, 6.07) is 12.4. The van der Waals surface area contributed by atoms with Crippen molar-refractivity contribution in [2.24, 2.45) is 0 Å². The molecule has 0 aliphatic rings. The fourth-order valence-corrected chi connectivity index (χ4v) is 2.81. The summed E-state index contributed by atoms with van der Waals surface area (Å²) >= 11 is 7.22. The fraction of sp³-hybridized carbons (Fsp3) is 0.0625. The number of halogens is 2. The van der Waals surface area contributed by atoms with Gasteiger partial charge in [0.1, 0.15) is 17.7 Å². The summed E-state index contributed by atoms with van der Waals surface area (Å²) in [5.74, 6) is 0.461. The first-order valence-electron chi connectivity index (χ1n) is 6.44. The lowest BCUT2D eigenvalue weighted by atomic mass is 10.1. The molecule has 6 heteroatoms. The Kier molecular flexibility index (Phi) is 4.38. The summed E-state index contributed by atoms with van der Waals surface area (Å²) in [6.07, 6.45) is -0.875. The molecule has 1 unspecified atom stereocenters. The van der Waals surface area contributed by atoms with E-state index < -0.39 is 6.10 Å². The van der Waals surface area contributed by atoms with Crippen LogP contribution in [0.5, 0.6) is 11.6 Å². The molecule has 3 rings (SSSR count). The van der Waals surface area contributed by atoms with Crippen molar-refractivity contribution in [1.82, 2.24) is 4.98 Å². The topological polar surface area (TPSA) is 42.4 Å². The van der Waals surface area contributed by atoms with E-state index in [-0.39, 0.29) is 5.82 Å². The van der Waals surface area contributed by atoms with E-state index in [1.807, 2.05) is 0 Å². The SMILES string of the molecule is OC(c1csc(Cl)c1)c1cccc(Oc2ccc(F)cc2)n1. The number of hydrogen-bond donors (Lipinski definition) is 1. The molecule has 0 aliphatic heterocycles. The van der Waals surface area contributed by atoms with Gasteiger partial charge in [0.2, 0.25) is 5.88 Å². The van der Waals surface area contributed by atoms with Crippen LogP contribution in [0.4, 0.5) is 4.39 Å². The molecule has 0 spiro atoms. The molecule has 0 radical (unpaired) electrons. The highest BCUT2D eigenvalue weighted by molar-refractivity contribution is 7.14. The minimum absolute atomic E-state index is 0.324. The maximum absolute atomic E-state index is 12.9. The van der Waals surface area contributed by atoms with E-state index in [4.69, 9.17) is 16.3 Å². The number of aliphatic hydroxyl groups is 1. The summed E-state index contributed by atoms with van der Waals surface area (Å²) in [7, 11) is 0. The van der Waals surface area contributed by atoms with Gasteiger partial charge in [-0.05, 0) is 47.3 Å². The van der Waals surface area contributed by atoms with Crippen LogP contribution in [-0.2, 0) is 0 Å². The van der Waals surface area contributed by atoms with Crippen LogP contribution in [0.3, 0.4) is 0 Å². The molecule has 3 aromatic rings. The number of ether oxygens (including phenoxy) is 1. The van der Waals surface area contributed by atoms with Gasteiger partial charge < -0.3 is 9.84 Å². The van der Waals surface area contributed by atoms with Gasteiger partial charge >= 0.3 is 0 Å². The molecule has 1 N–H and O–H groups in total. The molecular formula is C16H11ClFNO2S. The minimum Gasteiger partial charge on any atom is -0.439 e. The second-order valence-corrected chi connectivity index (χ2v) is 6.09.